The number of hydrogen-bond donors (Lipinski definition) is 2. The molecule has 0 aliphatic carbocycles. The van der Waals surface area contributed by atoms with Crippen molar-refractivity contribution < 1.29 is 4.79 Å². The molecule has 0 unspecified atom stereocenters. The Bertz CT molecular complexity index is 953. The molecule has 3 aromatic rings. The molecular formula is C18H17ClN6OS. The first-order valence-corrected chi connectivity index (χ1v) is 9.37. The van der Waals surface area contributed by atoms with Crippen LogP contribution in [-0.2, 0) is 0 Å². The molecule has 3 rings (SSSR count). The van der Waals surface area contributed by atoms with E-state index < -0.39 is 0 Å². The standard InChI is InChI=1S/C18H17ClN6OS/c1-12-2-6-14(7-3-12)16(26)11-27-18-24-23-17(25(18)20)22-21-10-13-4-8-15(19)9-5-13/h2-10H,11,20H2,1H3,(H,22,23)/b21-10+. The number of benzene rings is 2. The van der Waals surface area contributed by atoms with Crippen LogP contribution in [0.1, 0.15) is 21.5 Å². The van der Waals surface area contributed by atoms with Gasteiger partial charge in [-0.05, 0) is 24.6 Å². The Morgan fingerprint density at radius 1 is 1.22 bits per heavy atom. The van der Waals surface area contributed by atoms with Gasteiger partial charge in [-0.15, -0.1) is 10.2 Å². The molecule has 0 aliphatic rings. The van der Waals surface area contributed by atoms with Gasteiger partial charge in [0.15, 0.2) is 5.78 Å². The van der Waals surface area contributed by atoms with Crippen LogP contribution in [-0.4, -0.2) is 32.6 Å². The molecule has 0 saturated heterocycles. The summed E-state index contributed by atoms with van der Waals surface area (Å²) in [4.78, 5) is 12.2. The van der Waals surface area contributed by atoms with Crippen LogP contribution in [0.3, 0.4) is 0 Å². The molecular weight excluding hydrogens is 384 g/mol. The van der Waals surface area contributed by atoms with Gasteiger partial charge in [-0.3, -0.25) is 4.79 Å². The Morgan fingerprint density at radius 2 is 1.93 bits per heavy atom. The number of hydrogen-bond acceptors (Lipinski definition) is 7. The molecule has 0 aliphatic heterocycles. The zero-order valence-corrected chi connectivity index (χ0v) is 16.0. The maximum atomic E-state index is 12.2. The Morgan fingerprint density at radius 3 is 2.63 bits per heavy atom. The van der Waals surface area contributed by atoms with Gasteiger partial charge in [0.2, 0.25) is 5.16 Å². The molecule has 1 heterocycles. The molecule has 1 aromatic heterocycles. The van der Waals surface area contributed by atoms with Gasteiger partial charge in [0, 0.05) is 10.6 Å². The molecule has 0 spiro atoms. The highest BCUT2D eigenvalue weighted by atomic mass is 35.5. The maximum absolute atomic E-state index is 12.2. The predicted octanol–water partition coefficient (Wildman–Crippen LogP) is 3.37. The first kappa shape index (κ1) is 18.9. The first-order valence-electron chi connectivity index (χ1n) is 8.01. The minimum atomic E-state index is -0.00160. The van der Waals surface area contributed by atoms with E-state index in [-0.39, 0.29) is 17.5 Å². The summed E-state index contributed by atoms with van der Waals surface area (Å²) in [6.45, 7) is 1.98. The number of thioether (sulfide) groups is 1. The van der Waals surface area contributed by atoms with Crippen LogP contribution in [0.15, 0.2) is 58.8 Å². The summed E-state index contributed by atoms with van der Waals surface area (Å²) in [6, 6.07) is 14.6. The molecule has 0 radical (unpaired) electrons. The number of anilines is 1. The number of aromatic nitrogens is 3. The van der Waals surface area contributed by atoms with Crippen molar-refractivity contribution >= 4 is 41.3 Å². The van der Waals surface area contributed by atoms with E-state index in [1.807, 2.05) is 43.3 Å². The number of nitrogens with one attached hydrogen (secondary N) is 1. The Labute approximate surface area is 165 Å². The second-order valence-electron chi connectivity index (χ2n) is 5.68. The van der Waals surface area contributed by atoms with Crippen molar-refractivity contribution in [2.24, 2.45) is 5.10 Å². The van der Waals surface area contributed by atoms with Gasteiger partial charge >= 0.3 is 0 Å². The Kier molecular flexibility index (Phi) is 6.10. The summed E-state index contributed by atoms with van der Waals surface area (Å²) in [6.07, 6.45) is 1.61. The summed E-state index contributed by atoms with van der Waals surface area (Å²) < 4.78 is 1.26. The second kappa shape index (κ2) is 8.70. The van der Waals surface area contributed by atoms with E-state index in [2.05, 4.69) is 20.7 Å². The SMILES string of the molecule is Cc1ccc(C(=O)CSc2nnc(N/N=C/c3ccc(Cl)cc3)n2N)cc1. The van der Waals surface area contributed by atoms with Crippen molar-refractivity contribution in [3.8, 4) is 0 Å². The third-order valence-electron chi connectivity index (χ3n) is 3.62. The number of Topliss-reactive ketones (excluding diaryl/α,β-unsaturated/α-hetero) is 1. The highest BCUT2D eigenvalue weighted by Crippen LogP contribution is 2.18. The zero-order chi connectivity index (χ0) is 19.2. The summed E-state index contributed by atoms with van der Waals surface area (Å²) >= 11 is 7.05. The number of nitrogens with zero attached hydrogens (tertiary/aromatic N) is 4. The van der Waals surface area contributed by atoms with Crippen molar-refractivity contribution in [2.75, 3.05) is 17.0 Å². The smallest absolute Gasteiger partial charge is 0.264 e. The van der Waals surface area contributed by atoms with E-state index in [9.17, 15) is 4.79 Å². The molecule has 3 N–H and O–H groups in total. The molecule has 138 valence electrons. The molecule has 9 heteroatoms. The highest BCUT2D eigenvalue weighted by Gasteiger charge is 2.13. The lowest BCUT2D eigenvalue weighted by Crippen LogP contribution is -2.14. The van der Waals surface area contributed by atoms with E-state index in [1.165, 1.54) is 16.4 Å². The summed E-state index contributed by atoms with van der Waals surface area (Å²) in [5.41, 5.74) is 5.36. The summed E-state index contributed by atoms with van der Waals surface area (Å²) in [5.74, 6) is 6.44. The monoisotopic (exact) mass is 400 g/mol. The van der Waals surface area contributed by atoms with E-state index in [4.69, 9.17) is 17.4 Å². The van der Waals surface area contributed by atoms with Crippen LogP contribution in [0, 0.1) is 6.92 Å². The average Bonchev–Trinajstić information content (AvgIpc) is 3.02. The number of rotatable bonds is 7. The number of hydrazone groups is 1. The first-order chi connectivity index (χ1) is 13.0. The third kappa shape index (κ3) is 5.08. The molecule has 27 heavy (non-hydrogen) atoms. The average molecular weight is 401 g/mol. The number of halogens is 1. The number of nitrogen functional groups attached to an aromatic ring is 1. The zero-order valence-electron chi connectivity index (χ0n) is 14.5. The van der Waals surface area contributed by atoms with Crippen molar-refractivity contribution in [1.82, 2.24) is 14.9 Å². The number of aryl methyl sites for hydroxylation is 1. The minimum Gasteiger partial charge on any atom is -0.334 e. The Hall–Kier alpha value is -2.84. The van der Waals surface area contributed by atoms with Crippen LogP contribution < -0.4 is 11.3 Å². The lowest BCUT2D eigenvalue weighted by atomic mass is 10.1. The summed E-state index contributed by atoms with van der Waals surface area (Å²) in [5, 5.41) is 13.1. The van der Waals surface area contributed by atoms with Crippen LogP contribution >= 0.6 is 23.4 Å². The van der Waals surface area contributed by atoms with Crippen LogP contribution in [0.25, 0.3) is 0 Å². The lowest BCUT2D eigenvalue weighted by molar-refractivity contribution is 0.102. The van der Waals surface area contributed by atoms with Crippen molar-refractivity contribution in [1.29, 1.82) is 0 Å². The molecule has 2 aromatic carbocycles. The normalized spacial score (nSPS) is 11.0. The van der Waals surface area contributed by atoms with E-state index in [1.54, 1.807) is 18.3 Å². The molecule has 0 saturated carbocycles. The van der Waals surface area contributed by atoms with Crippen molar-refractivity contribution in [3.05, 3.63) is 70.2 Å². The van der Waals surface area contributed by atoms with Crippen LogP contribution in [0.5, 0.6) is 0 Å². The summed E-state index contributed by atoms with van der Waals surface area (Å²) in [7, 11) is 0. The molecule has 0 amide bonds. The number of carbonyl (C=O) groups excluding carboxylic acids is 1. The quantitative estimate of drug-likeness (QED) is 0.207. The van der Waals surface area contributed by atoms with Crippen molar-refractivity contribution in [3.63, 3.8) is 0 Å². The van der Waals surface area contributed by atoms with Gasteiger partial charge in [0.25, 0.3) is 5.95 Å². The van der Waals surface area contributed by atoms with Gasteiger partial charge in [0.1, 0.15) is 0 Å². The molecule has 7 nitrogen and oxygen atoms in total. The largest absolute Gasteiger partial charge is 0.334 e. The van der Waals surface area contributed by atoms with Gasteiger partial charge in [-0.1, -0.05) is 65.3 Å². The number of carbonyl (C=O) groups is 1. The topological polar surface area (TPSA) is 98.2 Å². The van der Waals surface area contributed by atoms with Crippen LogP contribution in [0.4, 0.5) is 5.95 Å². The third-order valence-corrected chi connectivity index (χ3v) is 4.81. The van der Waals surface area contributed by atoms with Gasteiger partial charge in [0.05, 0.1) is 12.0 Å². The fraction of sp³-hybridized carbons (Fsp3) is 0.111. The van der Waals surface area contributed by atoms with Gasteiger partial charge in [-0.25, -0.2) is 10.1 Å². The maximum Gasteiger partial charge on any atom is 0.264 e. The molecule has 0 atom stereocenters. The fourth-order valence-corrected chi connectivity index (χ4v) is 2.99. The molecule has 0 fully saturated rings. The Balaban J connectivity index is 1.57. The van der Waals surface area contributed by atoms with Gasteiger partial charge < -0.3 is 5.84 Å². The predicted molar refractivity (Wildman–Crippen MR) is 109 cm³/mol. The van der Waals surface area contributed by atoms with E-state index >= 15 is 0 Å². The fourth-order valence-electron chi connectivity index (χ4n) is 2.12. The lowest BCUT2D eigenvalue weighted by Gasteiger charge is -2.03. The number of ketones is 1. The molecule has 0 bridgehead atoms. The van der Waals surface area contributed by atoms with Crippen LogP contribution in [0.2, 0.25) is 5.02 Å². The van der Waals surface area contributed by atoms with Crippen molar-refractivity contribution in [2.45, 2.75) is 12.1 Å². The van der Waals surface area contributed by atoms with Gasteiger partial charge in [-0.2, -0.15) is 5.10 Å². The highest BCUT2D eigenvalue weighted by molar-refractivity contribution is 7.99. The minimum absolute atomic E-state index is 0.00160. The van der Waals surface area contributed by atoms with E-state index in [0.29, 0.717) is 15.7 Å². The van der Waals surface area contributed by atoms with E-state index in [0.717, 1.165) is 11.1 Å². The second-order valence-corrected chi connectivity index (χ2v) is 7.05. The number of nitrogens with two attached hydrogens (primary N) is 1.